The van der Waals surface area contributed by atoms with Crippen LogP contribution in [0, 0.1) is 5.82 Å². The summed E-state index contributed by atoms with van der Waals surface area (Å²) in [5, 5.41) is 8.82. The number of nitrogens with zero attached hydrogens (tertiary/aromatic N) is 1. The Morgan fingerprint density at radius 3 is 2.20 bits per heavy atom. The van der Waals surface area contributed by atoms with Crippen LogP contribution in [0.25, 0.3) is 10.9 Å². The molecule has 10 heteroatoms. The summed E-state index contributed by atoms with van der Waals surface area (Å²) in [6.07, 6.45) is 6.63. The van der Waals surface area contributed by atoms with Gasteiger partial charge in [-0.3, -0.25) is 14.6 Å². The van der Waals surface area contributed by atoms with Crippen molar-refractivity contribution in [2.24, 2.45) is 0 Å². The van der Waals surface area contributed by atoms with E-state index in [-0.39, 0.29) is 23.6 Å². The van der Waals surface area contributed by atoms with Crippen molar-refractivity contribution in [3.05, 3.63) is 83.5 Å². The zero-order valence-electron chi connectivity index (χ0n) is 24.1. The normalized spacial score (nSPS) is 10.9. The van der Waals surface area contributed by atoms with Gasteiger partial charge in [0.15, 0.2) is 23.1 Å². The van der Waals surface area contributed by atoms with Crippen molar-refractivity contribution < 1.29 is 28.2 Å². The Hall–Kier alpha value is -4.86. The molecule has 3 rings (SSSR count). The first kappa shape index (κ1) is 30.7. The first-order valence-electron chi connectivity index (χ1n) is 12.9. The minimum absolute atomic E-state index is 0.0658. The predicted octanol–water partition coefficient (Wildman–Crippen LogP) is 5.64. The number of amides is 2. The Kier molecular flexibility index (Phi) is 10.9. The van der Waals surface area contributed by atoms with E-state index in [1.54, 1.807) is 18.2 Å². The lowest BCUT2D eigenvalue weighted by Gasteiger charge is -2.14. The maximum atomic E-state index is 15.1. The molecule has 2 aromatic carbocycles. The monoisotopic (exact) mass is 562 g/mol. The highest BCUT2D eigenvalue weighted by atomic mass is 19.1. The minimum atomic E-state index is -0.714. The van der Waals surface area contributed by atoms with E-state index in [1.807, 2.05) is 39.8 Å². The molecule has 0 fully saturated rings. The van der Waals surface area contributed by atoms with Crippen LogP contribution >= 0.6 is 0 Å². The largest absolute Gasteiger partial charge is 0.493 e. The number of nitrogens with one attached hydrogen (secondary N) is 3. The average molecular weight is 563 g/mol. The first-order chi connectivity index (χ1) is 19.6. The Labute approximate surface area is 239 Å². The molecule has 0 aliphatic rings. The van der Waals surface area contributed by atoms with Gasteiger partial charge in [-0.05, 0) is 52.0 Å². The van der Waals surface area contributed by atoms with E-state index >= 15 is 4.39 Å². The standard InChI is InChI=1S/C31H35FN4O5/c1-19(2)9-12-33-18-23(30(37)35-13-10-20(3)4)31(38)36-21-7-8-27(24(32)15-21)41-26-11-14-34-25-17-29(40-6)28(39-5)16-22(25)26/h7-11,14-18,33H,12-13H2,1-6H3,(H,35,37)(H,36,38)/b23-18+. The van der Waals surface area contributed by atoms with Crippen LogP contribution < -0.4 is 30.2 Å². The van der Waals surface area contributed by atoms with Crippen LogP contribution in [0.4, 0.5) is 10.1 Å². The molecule has 9 nitrogen and oxygen atoms in total. The number of anilines is 1. The van der Waals surface area contributed by atoms with Gasteiger partial charge >= 0.3 is 0 Å². The van der Waals surface area contributed by atoms with Crippen molar-refractivity contribution in [1.82, 2.24) is 15.6 Å². The minimum Gasteiger partial charge on any atom is -0.493 e. The van der Waals surface area contributed by atoms with Gasteiger partial charge in [0.25, 0.3) is 11.8 Å². The number of rotatable bonds is 12. The zero-order chi connectivity index (χ0) is 29.9. The lowest BCUT2D eigenvalue weighted by molar-refractivity contribution is -0.121. The van der Waals surface area contributed by atoms with Crippen molar-refractivity contribution in [2.45, 2.75) is 27.7 Å². The Balaban J connectivity index is 1.81. The number of benzene rings is 2. The average Bonchev–Trinajstić information content (AvgIpc) is 2.93. The topological polar surface area (TPSA) is 111 Å². The summed E-state index contributed by atoms with van der Waals surface area (Å²) < 4.78 is 31.7. The molecule has 3 N–H and O–H groups in total. The van der Waals surface area contributed by atoms with Crippen LogP contribution in [0.5, 0.6) is 23.0 Å². The van der Waals surface area contributed by atoms with Crippen molar-refractivity contribution in [3.8, 4) is 23.0 Å². The van der Waals surface area contributed by atoms with Crippen molar-refractivity contribution in [2.75, 3.05) is 32.6 Å². The molecule has 0 unspecified atom stereocenters. The molecule has 0 radical (unpaired) electrons. The summed E-state index contributed by atoms with van der Waals surface area (Å²) in [6.45, 7) is 8.40. The highest BCUT2D eigenvalue weighted by Gasteiger charge is 2.19. The molecule has 0 aliphatic carbocycles. The molecule has 0 bridgehead atoms. The van der Waals surface area contributed by atoms with Gasteiger partial charge in [-0.25, -0.2) is 4.39 Å². The molecule has 41 heavy (non-hydrogen) atoms. The second kappa shape index (κ2) is 14.5. The molecule has 0 atom stereocenters. The number of hydrogen-bond donors (Lipinski definition) is 3. The summed E-state index contributed by atoms with van der Waals surface area (Å²) in [7, 11) is 3.04. The second-order valence-electron chi connectivity index (χ2n) is 9.47. The van der Waals surface area contributed by atoms with Gasteiger partial charge in [0.05, 0.1) is 19.7 Å². The number of ether oxygens (including phenoxy) is 3. The van der Waals surface area contributed by atoms with E-state index in [0.717, 1.165) is 17.2 Å². The van der Waals surface area contributed by atoms with Crippen LogP contribution in [0.1, 0.15) is 27.7 Å². The molecule has 3 aromatic rings. The second-order valence-corrected chi connectivity index (χ2v) is 9.47. The summed E-state index contributed by atoms with van der Waals surface area (Å²) in [4.78, 5) is 30.1. The first-order valence-corrected chi connectivity index (χ1v) is 12.9. The fourth-order valence-electron chi connectivity index (χ4n) is 3.62. The Morgan fingerprint density at radius 2 is 1.54 bits per heavy atom. The maximum Gasteiger partial charge on any atom is 0.262 e. The number of halogens is 1. The molecule has 2 amide bonds. The van der Waals surface area contributed by atoms with Crippen LogP contribution in [-0.4, -0.2) is 44.1 Å². The van der Waals surface area contributed by atoms with Gasteiger partial charge in [-0.2, -0.15) is 0 Å². The van der Waals surface area contributed by atoms with Gasteiger partial charge < -0.3 is 30.2 Å². The third-order valence-electron chi connectivity index (χ3n) is 5.75. The Morgan fingerprint density at radius 1 is 0.854 bits per heavy atom. The smallest absolute Gasteiger partial charge is 0.262 e. The summed E-state index contributed by atoms with van der Waals surface area (Å²) in [5.74, 6) is -0.715. The van der Waals surface area contributed by atoms with Crippen molar-refractivity contribution >= 4 is 28.4 Å². The van der Waals surface area contributed by atoms with E-state index in [9.17, 15) is 9.59 Å². The van der Waals surface area contributed by atoms with E-state index in [2.05, 4.69) is 20.9 Å². The number of hydrogen-bond acceptors (Lipinski definition) is 7. The van der Waals surface area contributed by atoms with E-state index in [4.69, 9.17) is 14.2 Å². The highest BCUT2D eigenvalue weighted by Crippen LogP contribution is 2.37. The number of aromatic nitrogens is 1. The molecule has 216 valence electrons. The Bertz CT molecular complexity index is 1510. The predicted molar refractivity (Wildman–Crippen MR) is 158 cm³/mol. The van der Waals surface area contributed by atoms with Crippen molar-refractivity contribution in [3.63, 3.8) is 0 Å². The summed E-state index contributed by atoms with van der Waals surface area (Å²) >= 11 is 0. The van der Waals surface area contributed by atoms with E-state index in [1.165, 1.54) is 38.7 Å². The molecule has 1 heterocycles. The molecule has 0 aliphatic heterocycles. The highest BCUT2D eigenvalue weighted by molar-refractivity contribution is 6.22. The molecular formula is C31H35FN4O5. The molecule has 0 saturated carbocycles. The van der Waals surface area contributed by atoms with E-state index in [0.29, 0.717) is 34.7 Å². The number of carbonyl (C=O) groups excluding carboxylic acids is 2. The number of allylic oxidation sites excluding steroid dienone is 2. The summed E-state index contributed by atoms with van der Waals surface area (Å²) in [5.41, 5.74) is 2.69. The SMILES string of the molecule is COc1cc2nccc(Oc3ccc(NC(=O)/C(=C/NCC=C(C)C)C(=O)NCC=C(C)C)cc3F)c2cc1OC. The lowest BCUT2D eigenvalue weighted by Crippen LogP contribution is -2.32. The fourth-order valence-corrected chi connectivity index (χ4v) is 3.62. The lowest BCUT2D eigenvalue weighted by atomic mass is 10.1. The van der Waals surface area contributed by atoms with Gasteiger partial charge in [-0.1, -0.05) is 23.3 Å². The number of pyridine rings is 1. The molecule has 1 aromatic heterocycles. The number of carbonyl (C=O) groups is 2. The van der Waals surface area contributed by atoms with Gasteiger partial charge in [-0.15, -0.1) is 0 Å². The fraction of sp³-hybridized carbons (Fsp3) is 0.258. The zero-order valence-corrected chi connectivity index (χ0v) is 24.1. The number of fused-ring (bicyclic) bond motifs is 1. The van der Waals surface area contributed by atoms with Gasteiger partial charge in [0, 0.05) is 48.7 Å². The van der Waals surface area contributed by atoms with E-state index < -0.39 is 17.6 Å². The van der Waals surface area contributed by atoms with Crippen molar-refractivity contribution in [1.29, 1.82) is 0 Å². The van der Waals surface area contributed by atoms with Crippen LogP contribution in [0.2, 0.25) is 0 Å². The molecule has 0 spiro atoms. The van der Waals surface area contributed by atoms with Gasteiger partial charge in [0.2, 0.25) is 0 Å². The van der Waals surface area contributed by atoms with Crippen LogP contribution in [0.3, 0.4) is 0 Å². The molecule has 0 saturated heterocycles. The van der Waals surface area contributed by atoms with Gasteiger partial charge in [0.1, 0.15) is 11.3 Å². The van der Waals surface area contributed by atoms with Crippen LogP contribution in [0.15, 0.2) is 77.7 Å². The quantitative estimate of drug-likeness (QED) is 0.0861. The number of methoxy groups -OCH3 is 2. The third kappa shape index (κ3) is 8.56. The molecular weight excluding hydrogens is 527 g/mol. The van der Waals surface area contributed by atoms with Crippen LogP contribution in [-0.2, 0) is 9.59 Å². The third-order valence-corrected chi connectivity index (χ3v) is 5.75. The maximum absolute atomic E-state index is 15.1. The summed E-state index contributed by atoms with van der Waals surface area (Å²) in [6, 6.07) is 9.00.